The number of carbonyl (C=O) groups is 2. The highest BCUT2D eigenvalue weighted by atomic mass is 16.7. The van der Waals surface area contributed by atoms with Crippen LogP contribution >= 0.6 is 0 Å². The van der Waals surface area contributed by atoms with Gasteiger partial charge in [0.05, 0.1) is 11.8 Å². The molecular weight excluding hydrogens is 406 g/mol. The molecule has 1 N–H and O–H groups in total. The Hall–Kier alpha value is -3.19. The largest absolute Gasteiger partial charge is 0.454 e. The minimum absolute atomic E-state index is 0.0283. The molecule has 3 aliphatic rings. The van der Waals surface area contributed by atoms with Gasteiger partial charge >= 0.3 is 0 Å². The van der Waals surface area contributed by atoms with Gasteiger partial charge in [0.2, 0.25) is 12.7 Å². The standard InChI is InChI=1S/C25H27N3O4/c1-3-28-10-8-18(9-11-28)26-24(17-5-7-21-22(13-17)32-14-31-21)23-19-12-16(15(2)29)4-6-20(19)27-25(23)30/h4-7,12-13,18,23H,3,8-11,14H2,1-2H3,(H,27,30). The molecule has 3 aliphatic heterocycles. The molecule has 1 atom stereocenters. The minimum Gasteiger partial charge on any atom is -0.454 e. The Kier molecular flexibility index (Phi) is 5.43. The van der Waals surface area contributed by atoms with Crippen LogP contribution < -0.4 is 14.8 Å². The van der Waals surface area contributed by atoms with E-state index < -0.39 is 5.92 Å². The third-order valence-corrected chi connectivity index (χ3v) is 6.56. The van der Waals surface area contributed by atoms with Gasteiger partial charge in [-0.2, -0.15) is 0 Å². The van der Waals surface area contributed by atoms with Crippen LogP contribution in [0, 0.1) is 0 Å². The van der Waals surface area contributed by atoms with Gasteiger partial charge in [0.1, 0.15) is 5.92 Å². The third-order valence-electron chi connectivity index (χ3n) is 6.56. The van der Waals surface area contributed by atoms with Crippen molar-refractivity contribution in [1.29, 1.82) is 0 Å². The topological polar surface area (TPSA) is 80.2 Å². The van der Waals surface area contributed by atoms with Crippen molar-refractivity contribution in [3.8, 4) is 11.5 Å². The molecule has 32 heavy (non-hydrogen) atoms. The fourth-order valence-electron chi connectivity index (χ4n) is 4.68. The summed E-state index contributed by atoms with van der Waals surface area (Å²) >= 11 is 0. The van der Waals surface area contributed by atoms with E-state index in [1.54, 1.807) is 12.1 Å². The van der Waals surface area contributed by atoms with Crippen molar-refractivity contribution in [3.63, 3.8) is 0 Å². The van der Waals surface area contributed by atoms with E-state index in [1.807, 2.05) is 24.3 Å². The first-order valence-corrected chi connectivity index (χ1v) is 11.2. The number of likely N-dealkylation sites (tertiary alicyclic amines) is 1. The Morgan fingerprint density at radius 3 is 2.59 bits per heavy atom. The maximum Gasteiger partial charge on any atom is 0.238 e. The van der Waals surface area contributed by atoms with Crippen LogP contribution in [0.5, 0.6) is 11.5 Å². The molecule has 0 spiro atoms. The summed E-state index contributed by atoms with van der Waals surface area (Å²) < 4.78 is 11.1. The highest BCUT2D eigenvalue weighted by Crippen LogP contribution is 2.39. The summed E-state index contributed by atoms with van der Waals surface area (Å²) in [6.07, 6.45) is 1.91. The van der Waals surface area contributed by atoms with E-state index in [0.717, 1.165) is 55.0 Å². The lowest BCUT2D eigenvalue weighted by Crippen LogP contribution is -2.36. The van der Waals surface area contributed by atoms with Crippen LogP contribution in [0.2, 0.25) is 0 Å². The smallest absolute Gasteiger partial charge is 0.238 e. The Morgan fingerprint density at radius 1 is 1.09 bits per heavy atom. The van der Waals surface area contributed by atoms with Gasteiger partial charge in [0.25, 0.3) is 0 Å². The van der Waals surface area contributed by atoms with Crippen LogP contribution in [0.15, 0.2) is 41.4 Å². The zero-order chi connectivity index (χ0) is 22.2. The summed E-state index contributed by atoms with van der Waals surface area (Å²) in [5.41, 5.74) is 3.68. The van der Waals surface area contributed by atoms with Crippen LogP contribution in [-0.2, 0) is 4.79 Å². The molecule has 166 valence electrons. The number of rotatable bonds is 5. The van der Waals surface area contributed by atoms with E-state index in [9.17, 15) is 9.59 Å². The summed E-state index contributed by atoms with van der Waals surface area (Å²) in [5.74, 6) is 0.628. The number of nitrogens with one attached hydrogen (secondary N) is 1. The van der Waals surface area contributed by atoms with Crippen molar-refractivity contribution in [2.24, 2.45) is 4.99 Å². The molecule has 1 saturated heterocycles. The molecule has 7 heteroatoms. The molecule has 1 unspecified atom stereocenters. The van der Waals surface area contributed by atoms with E-state index in [2.05, 4.69) is 17.1 Å². The third kappa shape index (κ3) is 3.77. The number of benzene rings is 2. The Balaban J connectivity index is 1.58. The predicted octanol–water partition coefficient (Wildman–Crippen LogP) is 3.63. The van der Waals surface area contributed by atoms with Gasteiger partial charge < -0.3 is 19.7 Å². The zero-order valence-electron chi connectivity index (χ0n) is 18.4. The highest BCUT2D eigenvalue weighted by molar-refractivity contribution is 6.24. The number of nitrogens with zero attached hydrogens (tertiary/aromatic N) is 2. The minimum atomic E-state index is -0.575. The molecule has 0 radical (unpaired) electrons. The average Bonchev–Trinajstić information content (AvgIpc) is 3.40. The molecule has 0 bridgehead atoms. The number of carbonyl (C=O) groups excluding carboxylic acids is 2. The molecule has 0 saturated carbocycles. The highest BCUT2D eigenvalue weighted by Gasteiger charge is 2.37. The van der Waals surface area contributed by atoms with Gasteiger partial charge in [-0.25, -0.2) is 0 Å². The summed E-state index contributed by atoms with van der Waals surface area (Å²) in [4.78, 5) is 32.7. The van der Waals surface area contributed by atoms with Gasteiger partial charge in [0, 0.05) is 29.9 Å². The van der Waals surface area contributed by atoms with Crippen molar-refractivity contribution in [2.75, 3.05) is 31.7 Å². The van der Waals surface area contributed by atoms with Crippen molar-refractivity contribution < 1.29 is 19.1 Å². The normalized spacial score (nSPS) is 20.9. The second kappa shape index (κ2) is 8.39. The number of fused-ring (bicyclic) bond motifs is 2. The molecule has 0 aromatic heterocycles. The van der Waals surface area contributed by atoms with E-state index in [4.69, 9.17) is 14.5 Å². The van der Waals surface area contributed by atoms with Gasteiger partial charge in [-0.05, 0) is 68.3 Å². The fourth-order valence-corrected chi connectivity index (χ4v) is 4.68. The first-order chi connectivity index (χ1) is 15.5. The summed E-state index contributed by atoms with van der Waals surface area (Å²) in [6.45, 7) is 6.94. The number of hydrogen-bond donors (Lipinski definition) is 1. The number of Topliss-reactive ketones (excluding diaryl/α,β-unsaturated/α-hetero) is 1. The van der Waals surface area contributed by atoms with Gasteiger partial charge in [-0.1, -0.05) is 6.92 Å². The van der Waals surface area contributed by atoms with Crippen LogP contribution in [0.1, 0.15) is 54.1 Å². The lowest BCUT2D eigenvalue weighted by atomic mass is 9.88. The first-order valence-electron chi connectivity index (χ1n) is 11.2. The number of piperidine rings is 1. The molecular formula is C25H27N3O4. The zero-order valence-corrected chi connectivity index (χ0v) is 18.4. The number of ketones is 1. The Morgan fingerprint density at radius 2 is 1.84 bits per heavy atom. The predicted molar refractivity (Wildman–Crippen MR) is 122 cm³/mol. The summed E-state index contributed by atoms with van der Waals surface area (Å²) in [7, 11) is 0. The second-order valence-electron chi connectivity index (χ2n) is 8.53. The number of aliphatic imine (C=N–C) groups is 1. The monoisotopic (exact) mass is 433 g/mol. The van der Waals surface area contributed by atoms with E-state index in [0.29, 0.717) is 17.1 Å². The quantitative estimate of drug-likeness (QED) is 0.575. The van der Waals surface area contributed by atoms with Gasteiger partial charge in [-0.15, -0.1) is 0 Å². The lowest BCUT2D eigenvalue weighted by Gasteiger charge is -2.30. The number of hydrogen-bond acceptors (Lipinski definition) is 6. The molecule has 1 amide bonds. The second-order valence-corrected chi connectivity index (χ2v) is 8.53. The number of ether oxygens (including phenoxy) is 2. The summed E-state index contributed by atoms with van der Waals surface area (Å²) in [6, 6.07) is 11.2. The van der Waals surface area contributed by atoms with Crippen molar-refractivity contribution in [2.45, 2.75) is 38.6 Å². The number of anilines is 1. The molecule has 7 nitrogen and oxygen atoms in total. The fraction of sp³-hybridized carbons (Fsp3) is 0.400. The summed E-state index contributed by atoms with van der Waals surface area (Å²) in [5, 5.41) is 2.97. The molecule has 3 heterocycles. The molecule has 2 aromatic rings. The van der Waals surface area contributed by atoms with E-state index in [1.165, 1.54) is 6.92 Å². The molecule has 1 fully saturated rings. The van der Waals surface area contributed by atoms with Crippen molar-refractivity contribution in [3.05, 3.63) is 53.1 Å². The Bertz CT molecular complexity index is 1100. The average molecular weight is 434 g/mol. The van der Waals surface area contributed by atoms with Crippen LogP contribution in [0.4, 0.5) is 5.69 Å². The SMILES string of the molecule is CCN1CCC(N=C(c2ccc3c(c2)OCO3)C2C(=O)Nc3ccc(C(C)=O)cc32)CC1. The maximum atomic E-state index is 13.2. The van der Waals surface area contributed by atoms with E-state index in [-0.39, 0.29) is 24.5 Å². The maximum absolute atomic E-state index is 13.2. The first kappa shape index (κ1) is 20.7. The van der Waals surface area contributed by atoms with Crippen LogP contribution in [0.3, 0.4) is 0 Å². The Labute approximate surface area is 187 Å². The van der Waals surface area contributed by atoms with Crippen molar-refractivity contribution >= 4 is 23.1 Å². The molecule has 5 rings (SSSR count). The molecule has 0 aliphatic carbocycles. The van der Waals surface area contributed by atoms with Gasteiger partial charge in [-0.3, -0.25) is 14.6 Å². The molecule has 2 aromatic carbocycles. The van der Waals surface area contributed by atoms with Gasteiger partial charge in [0.15, 0.2) is 17.3 Å². The number of amides is 1. The van der Waals surface area contributed by atoms with Crippen LogP contribution in [0.25, 0.3) is 0 Å². The lowest BCUT2D eigenvalue weighted by molar-refractivity contribution is -0.115. The van der Waals surface area contributed by atoms with Crippen molar-refractivity contribution in [1.82, 2.24) is 4.90 Å². The van der Waals surface area contributed by atoms with Crippen LogP contribution in [-0.4, -0.2) is 54.8 Å². The van der Waals surface area contributed by atoms with E-state index >= 15 is 0 Å².